The monoisotopic (exact) mass is 265 g/mol. The van der Waals surface area contributed by atoms with Crippen LogP contribution in [0.2, 0.25) is 0 Å². The molecule has 0 rings (SSSR count). The van der Waals surface area contributed by atoms with Gasteiger partial charge in [-0.15, -0.1) is 0 Å². The molecule has 0 radical (unpaired) electrons. The van der Waals surface area contributed by atoms with Crippen molar-refractivity contribution in [1.29, 1.82) is 0 Å². The summed E-state index contributed by atoms with van der Waals surface area (Å²) >= 11 is 0. The Labute approximate surface area is 106 Å². The molecular formula is C12H28NO3P. The lowest BCUT2D eigenvalue weighted by Crippen LogP contribution is -2.16. The Bertz CT molecular complexity index is 212. The van der Waals surface area contributed by atoms with Crippen LogP contribution in [0.15, 0.2) is 0 Å². The second-order valence-corrected chi connectivity index (χ2v) is 6.28. The average Bonchev–Trinajstić information content (AvgIpc) is 2.27. The van der Waals surface area contributed by atoms with E-state index in [0.29, 0.717) is 12.8 Å². The van der Waals surface area contributed by atoms with Crippen molar-refractivity contribution in [2.45, 2.75) is 52.4 Å². The second kappa shape index (κ2) is 11.2. The Morgan fingerprint density at radius 2 is 1.71 bits per heavy atom. The molecule has 0 aromatic carbocycles. The van der Waals surface area contributed by atoms with Crippen LogP contribution in [0.3, 0.4) is 0 Å². The molecule has 0 aliphatic rings. The molecule has 4 nitrogen and oxygen atoms in total. The van der Waals surface area contributed by atoms with Gasteiger partial charge in [0.25, 0.3) is 0 Å². The third-order valence-corrected chi connectivity index (χ3v) is 4.13. The van der Waals surface area contributed by atoms with E-state index < -0.39 is 7.60 Å². The molecule has 0 bridgehead atoms. The number of rotatable bonds is 12. The van der Waals surface area contributed by atoms with Gasteiger partial charge in [-0.25, -0.2) is 0 Å². The van der Waals surface area contributed by atoms with Crippen LogP contribution < -0.4 is 5.32 Å². The summed E-state index contributed by atoms with van der Waals surface area (Å²) < 4.78 is 16.1. The van der Waals surface area contributed by atoms with Crippen LogP contribution in [0.25, 0.3) is 0 Å². The molecule has 5 heteroatoms. The van der Waals surface area contributed by atoms with Gasteiger partial charge in [0, 0.05) is 6.16 Å². The normalized spacial score (nSPS) is 14.8. The molecule has 0 aromatic heterocycles. The summed E-state index contributed by atoms with van der Waals surface area (Å²) in [6.45, 7) is 6.40. The zero-order valence-electron chi connectivity index (χ0n) is 11.3. The molecule has 0 spiro atoms. The van der Waals surface area contributed by atoms with Gasteiger partial charge in [0.05, 0.1) is 6.61 Å². The van der Waals surface area contributed by atoms with Gasteiger partial charge < -0.3 is 14.7 Å². The summed E-state index contributed by atoms with van der Waals surface area (Å²) in [5, 5.41) is 3.38. The van der Waals surface area contributed by atoms with Crippen molar-refractivity contribution in [2.75, 3.05) is 25.9 Å². The summed E-state index contributed by atoms with van der Waals surface area (Å²) in [6.07, 6.45) is 6.82. The maximum Gasteiger partial charge on any atom is 0.328 e. The van der Waals surface area contributed by atoms with E-state index in [1.54, 1.807) is 6.92 Å². The molecule has 0 saturated heterocycles. The number of nitrogens with one attached hydrogen (secondary N) is 1. The first kappa shape index (κ1) is 17.1. The van der Waals surface area contributed by atoms with Gasteiger partial charge in [-0.05, 0) is 39.3 Å². The smallest absolute Gasteiger partial charge is 0.324 e. The molecule has 0 aliphatic carbocycles. The van der Waals surface area contributed by atoms with E-state index in [2.05, 4.69) is 12.2 Å². The van der Waals surface area contributed by atoms with Gasteiger partial charge >= 0.3 is 7.60 Å². The Morgan fingerprint density at radius 3 is 2.35 bits per heavy atom. The first-order valence-electron chi connectivity index (χ1n) is 6.79. The molecule has 0 amide bonds. The van der Waals surface area contributed by atoms with Crippen molar-refractivity contribution >= 4 is 7.60 Å². The lowest BCUT2D eigenvalue weighted by atomic mass is 10.2. The van der Waals surface area contributed by atoms with Crippen LogP contribution in [0.4, 0.5) is 0 Å². The lowest BCUT2D eigenvalue weighted by Gasteiger charge is -2.10. The van der Waals surface area contributed by atoms with Crippen molar-refractivity contribution in [3.63, 3.8) is 0 Å². The van der Waals surface area contributed by atoms with Crippen molar-refractivity contribution in [1.82, 2.24) is 5.32 Å². The maximum atomic E-state index is 11.3. The Hall–Kier alpha value is 0.110. The van der Waals surface area contributed by atoms with Crippen LogP contribution in [-0.2, 0) is 9.09 Å². The summed E-state index contributed by atoms with van der Waals surface area (Å²) in [6, 6.07) is 0. The van der Waals surface area contributed by atoms with Crippen LogP contribution in [-0.4, -0.2) is 30.8 Å². The third kappa shape index (κ3) is 12.4. The number of hydrogen-bond acceptors (Lipinski definition) is 3. The van der Waals surface area contributed by atoms with Gasteiger partial charge in [0.2, 0.25) is 0 Å². The fraction of sp³-hybridized carbons (Fsp3) is 1.00. The van der Waals surface area contributed by atoms with E-state index in [1.165, 1.54) is 12.8 Å². The summed E-state index contributed by atoms with van der Waals surface area (Å²) in [4.78, 5) is 9.34. The molecule has 1 atom stereocenters. The van der Waals surface area contributed by atoms with E-state index in [9.17, 15) is 9.46 Å². The van der Waals surface area contributed by atoms with Crippen molar-refractivity contribution in [3.05, 3.63) is 0 Å². The maximum absolute atomic E-state index is 11.3. The van der Waals surface area contributed by atoms with Crippen molar-refractivity contribution in [3.8, 4) is 0 Å². The highest BCUT2D eigenvalue weighted by atomic mass is 31.2. The van der Waals surface area contributed by atoms with E-state index in [1.807, 2.05) is 0 Å². The second-order valence-electron chi connectivity index (χ2n) is 4.30. The fourth-order valence-electron chi connectivity index (χ4n) is 1.61. The Balaban J connectivity index is 3.21. The molecule has 0 aliphatic heterocycles. The standard InChI is InChI=1S/C12H28NO3P/c1-3-5-10-13-11-8-6-7-9-12-17(14,15)16-4-2/h13H,3-12H2,1-2H3,(H,14,15). The largest absolute Gasteiger partial charge is 0.328 e. The highest BCUT2D eigenvalue weighted by molar-refractivity contribution is 7.52. The molecule has 0 saturated carbocycles. The predicted molar refractivity (Wildman–Crippen MR) is 72.6 cm³/mol. The van der Waals surface area contributed by atoms with Crippen LogP contribution in [0.1, 0.15) is 52.4 Å². The van der Waals surface area contributed by atoms with Crippen LogP contribution >= 0.6 is 7.60 Å². The van der Waals surface area contributed by atoms with Gasteiger partial charge in [0.15, 0.2) is 0 Å². The van der Waals surface area contributed by atoms with Crippen molar-refractivity contribution in [2.24, 2.45) is 0 Å². The lowest BCUT2D eigenvalue weighted by molar-refractivity contribution is 0.272. The molecule has 104 valence electrons. The molecule has 1 unspecified atom stereocenters. The van der Waals surface area contributed by atoms with Gasteiger partial charge in [-0.2, -0.15) is 0 Å². The first-order valence-corrected chi connectivity index (χ1v) is 8.55. The third-order valence-electron chi connectivity index (χ3n) is 2.58. The molecule has 2 N–H and O–H groups in total. The first-order chi connectivity index (χ1) is 8.12. The molecule has 0 fully saturated rings. The van der Waals surface area contributed by atoms with Crippen LogP contribution in [0, 0.1) is 0 Å². The predicted octanol–water partition coefficient (Wildman–Crippen LogP) is 3.16. The topological polar surface area (TPSA) is 58.6 Å². The van der Waals surface area contributed by atoms with E-state index in [-0.39, 0.29) is 0 Å². The minimum Gasteiger partial charge on any atom is -0.324 e. The zero-order valence-corrected chi connectivity index (χ0v) is 12.2. The highest BCUT2D eigenvalue weighted by Crippen LogP contribution is 2.42. The number of hydrogen-bond donors (Lipinski definition) is 2. The fourth-order valence-corrected chi connectivity index (χ4v) is 2.76. The minimum absolute atomic E-state index is 0.296. The average molecular weight is 265 g/mol. The summed E-state index contributed by atoms with van der Waals surface area (Å²) in [5.74, 6) is 0. The van der Waals surface area contributed by atoms with Gasteiger partial charge in [-0.3, -0.25) is 4.57 Å². The zero-order chi connectivity index (χ0) is 13.0. The van der Waals surface area contributed by atoms with Gasteiger partial charge in [0.1, 0.15) is 0 Å². The van der Waals surface area contributed by atoms with E-state index in [0.717, 1.165) is 38.8 Å². The van der Waals surface area contributed by atoms with E-state index >= 15 is 0 Å². The quantitative estimate of drug-likeness (QED) is 0.420. The summed E-state index contributed by atoms with van der Waals surface area (Å²) in [7, 11) is -3.28. The Kier molecular flexibility index (Phi) is 11.3. The SMILES string of the molecule is CCCCNCCCCCCP(=O)(O)OCC. The molecule has 17 heavy (non-hydrogen) atoms. The molecule has 0 heterocycles. The van der Waals surface area contributed by atoms with E-state index in [4.69, 9.17) is 4.52 Å². The minimum atomic E-state index is -3.28. The molecule has 0 aromatic rings. The van der Waals surface area contributed by atoms with Crippen molar-refractivity contribution < 1.29 is 14.0 Å². The summed E-state index contributed by atoms with van der Waals surface area (Å²) in [5.41, 5.74) is 0. The van der Waals surface area contributed by atoms with Gasteiger partial charge in [-0.1, -0.05) is 26.2 Å². The molecular weight excluding hydrogens is 237 g/mol. The van der Waals surface area contributed by atoms with Crippen LogP contribution in [0.5, 0.6) is 0 Å². The Morgan fingerprint density at radius 1 is 1.06 bits per heavy atom. The number of unbranched alkanes of at least 4 members (excludes halogenated alkanes) is 4. The highest BCUT2D eigenvalue weighted by Gasteiger charge is 2.16.